The molecule has 154 valence electrons. The molecule has 2 aromatic rings. The van der Waals surface area contributed by atoms with Gasteiger partial charge in [0.2, 0.25) is 5.91 Å². The summed E-state index contributed by atoms with van der Waals surface area (Å²) < 4.78 is 23.1. The number of benzene rings is 2. The topological polar surface area (TPSA) is 118 Å². The lowest BCUT2D eigenvalue weighted by molar-refractivity contribution is -0.384. The summed E-state index contributed by atoms with van der Waals surface area (Å²) in [5.41, 5.74) is 3.01. The molecule has 0 fully saturated rings. The molecule has 29 heavy (non-hydrogen) atoms. The van der Waals surface area contributed by atoms with Crippen LogP contribution in [0.1, 0.15) is 16.7 Å². The van der Waals surface area contributed by atoms with Gasteiger partial charge in [0.25, 0.3) is 5.69 Å². The van der Waals surface area contributed by atoms with Crippen molar-refractivity contribution >= 4 is 33.2 Å². The van der Waals surface area contributed by atoms with E-state index in [0.717, 1.165) is 29.0 Å². The first-order valence-electron chi connectivity index (χ1n) is 8.83. The van der Waals surface area contributed by atoms with E-state index >= 15 is 0 Å². The van der Waals surface area contributed by atoms with E-state index in [1.165, 1.54) is 18.2 Å². The molecule has 1 amide bonds. The first kappa shape index (κ1) is 22.1. The van der Waals surface area contributed by atoms with Gasteiger partial charge in [0, 0.05) is 31.5 Å². The highest BCUT2D eigenvalue weighted by Gasteiger charge is 2.18. The van der Waals surface area contributed by atoms with Crippen molar-refractivity contribution in [3.05, 3.63) is 69.3 Å². The normalized spacial score (nSPS) is 11.4. The van der Waals surface area contributed by atoms with Crippen LogP contribution in [0.3, 0.4) is 0 Å². The second-order valence-corrected chi connectivity index (χ2v) is 8.64. The summed E-state index contributed by atoms with van der Waals surface area (Å²) in [4.78, 5) is 22.4. The molecular formula is C20H23N3O5S. The predicted molar refractivity (Wildman–Crippen MR) is 113 cm³/mol. The fraction of sp³-hybridized carbons (Fsp3) is 0.250. The number of carbonyl (C=O) groups is 1. The van der Waals surface area contributed by atoms with Crippen molar-refractivity contribution in [2.75, 3.05) is 24.7 Å². The molecule has 2 N–H and O–H groups in total. The SMILES string of the molecule is Cc1ccc(/C=C/C(=O)NCCNc2ccc(S(C)(=O)=O)cc2[N+](=O)[O-])c(C)c1. The molecule has 8 nitrogen and oxygen atoms in total. The summed E-state index contributed by atoms with van der Waals surface area (Å²) in [7, 11) is -3.54. The molecule has 0 aliphatic rings. The van der Waals surface area contributed by atoms with Crippen LogP contribution in [0.2, 0.25) is 0 Å². The van der Waals surface area contributed by atoms with Crippen LogP contribution >= 0.6 is 0 Å². The lowest BCUT2D eigenvalue weighted by Gasteiger charge is -2.09. The molecule has 0 aliphatic heterocycles. The zero-order chi connectivity index (χ0) is 21.6. The quantitative estimate of drug-likeness (QED) is 0.295. The van der Waals surface area contributed by atoms with Gasteiger partial charge in [-0.25, -0.2) is 8.42 Å². The van der Waals surface area contributed by atoms with Gasteiger partial charge in [-0.2, -0.15) is 0 Å². The zero-order valence-corrected chi connectivity index (χ0v) is 17.2. The Morgan fingerprint density at radius 2 is 1.86 bits per heavy atom. The highest BCUT2D eigenvalue weighted by atomic mass is 32.2. The third-order valence-corrected chi connectivity index (χ3v) is 5.28. The molecule has 0 atom stereocenters. The van der Waals surface area contributed by atoms with Gasteiger partial charge in [0.1, 0.15) is 5.69 Å². The second kappa shape index (κ2) is 9.33. The number of carbonyl (C=O) groups excluding carboxylic acids is 1. The lowest BCUT2D eigenvalue weighted by atomic mass is 10.1. The van der Waals surface area contributed by atoms with Gasteiger partial charge in [-0.3, -0.25) is 14.9 Å². The zero-order valence-electron chi connectivity index (χ0n) is 16.4. The Balaban J connectivity index is 1.92. The summed E-state index contributed by atoms with van der Waals surface area (Å²) in [5.74, 6) is -0.284. The maximum absolute atomic E-state index is 11.9. The minimum Gasteiger partial charge on any atom is -0.378 e. The fourth-order valence-electron chi connectivity index (χ4n) is 2.66. The largest absolute Gasteiger partial charge is 0.378 e. The second-order valence-electron chi connectivity index (χ2n) is 6.62. The molecule has 2 rings (SSSR count). The minimum absolute atomic E-state index is 0.125. The third-order valence-electron chi connectivity index (χ3n) is 4.17. The average Bonchev–Trinajstić information content (AvgIpc) is 2.63. The molecule has 0 saturated carbocycles. The number of hydrogen-bond donors (Lipinski definition) is 2. The summed E-state index contributed by atoms with van der Waals surface area (Å²) >= 11 is 0. The predicted octanol–water partition coefficient (Wildman–Crippen LogP) is 2.86. The van der Waals surface area contributed by atoms with E-state index in [2.05, 4.69) is 10.6 Å². The van der Waals surface area contributed by atoms with Crippen LogP contribution < -0.4 is 10.6 Å². The van der Waals surface area contributed by atoms with E-state index < -0.39 is 14.8 Å². The van der Waals surface area contributed by atoms with E-state index in [4.69, 9.17) is 0 Å². The number of nitrogens with one attached hydrogen (secondary N) is 2. The highest BCUT2D eigenvalue weighted by Crippen LogP contribution is 2.27. The van der Waals surface area contributed by atoms with Crippen molar-refractivity contribution in [2.45, 2.75) is 18.7 Å². The van der Waals surface area contributed by atoms with Crippen molar-refractivity contribution in [1.29, 1.82) is 0 Å². The van der Waals surface area contributed by atoms with E-state index in [1.54, 1.807) is 6.08 Å². The molecule has 0 aliphatic carbocycles. The van der Waals surface area contributed by atoms with Gasteiger partial charge < -0.3 is 10.6 Å². The molecule has 0 heterocycles. The van der Waals surface area contributed by atoms with Crippen molar-refractivity contribution in [1.82, 2.24) is 5.32 Å². The number of rotatable bonds is 8. The Morgan fingerprint density at radius 1 is 1.14 bits per heavy atom. The van der Waals surface area contributed by atoms with Gasteiger partial charge in [0.15, 0.2) is 9.84 Å². The first-order valence-corrected chi connectivity index (χ1v) is 10.7. The molecule has 2 aromatic carbocycles. The van der Waals surface area contributed by atoms with E-state index in [0.29, 0.717) is 0 Å². The molecule has 9 heteroatoms. The van der Waals surface area contributed by atoms with Crippen molar-refractivity contribution in [2.24, 2.45) is 0 Å². The van der Waals surface area contributed by atoms with Crippen molar-refractivity contribution < 1.29 is 18.1 Å². The summed E-state index contributed by atoms with van der Waals surface area (Å²) in [6.45, 7) is 4.44. The Bertz CT molecular complexity index is 1060. The summed E-state index contributed by atoms with van der Waals surface area (Å²) in [5, 5.41) is 16.7. The first-order chi connectivity index (χ1) is 13.6. The number of nitro groups is 1. The monoisotopic (exact) mass is 417 g/mol. The van der Waals surface area contributed by atoms with Gasteiger partial charge in [-0.15, -0.1) is 0 Å². The minimum atomic E-state index is -3.54. The van der Waals surface area contributed by atoms with Crippen LogP contribution in [-0.4, -0.2) is 38.6 Å². The van der Waals surface area contributed by atoms with Gasteiger partial charge in [0.05, 0.1) is 9.82 Å². The molecule has 0 bridgehead atoms. The van der Waals surface area contributed by atoms with E-state index in [-0.39, 0.29) is 35.3 Å². The summed E-state index contributed by atoms with van der Waals surface area (Å²) in [6, 6.07) is 9.60. The fourth-order valence-corrected chi connectivity index (χ4v) is 3.30. The van der Waals surface area contributed by atoms with Crippen molar-refractivity contribution in [3.8, 4) is 0 Å². The van der Waals surface area contributed by atoms with Gasteiger partial charge in [-0.1, -0.05) is 23.8 Å². The number of sulfone groups is 1. The third kappa shape index (κ3) is 6.42. The van der Waals surface area contributed by atoms with Crippen molar-refractivity contribution in [3.63, 3.8) is 0 Å². The smallest absolute Gasteiger partial charge is 0.293 e. The molecule has 0 radical (unpaired) electrons. The lowest BCUT2D eigenvalue weighted by Crippen LogP contribution is -2.27. The van der Waals surface area contributed by atoms with Crippen LogP contribution in [-0.2, 0) is 14.6 Å². The van der Waals surface area contributed by atoms with E-state index in [9.17, 15) is 23.3 Å². The van der Waals surface area contributed by atoms with Gasteiger partial charge in [-0.05, 0) is 43.2 Å². The molecule has 0 saturated heterocycles. The maximum Gasteiger partial charge on any atom is 0.293 e. The highest BCUT2D eigenvalue weighted by molar-refractivity contribution is 7.90. The van der Waals surface area contributed by atoms with Crippen LogP contribution in [0, 0.1) is 24.0 Å². The van der Waals surface area contributed by atoms with Crippen LogP contribution in [0.15, 0.2) is 47.4 Å². The number of aryl methyl sites for hydroxylation is 2. The number of nitrogens with zero attached hydrogens (tertiary/aromatic N) is 1. The van der Waals surface area contributed by atoms with Crippen LogP contribution in [0.25, 0.3) is 6.08 Å². The standard InChI is InChI=1S/C20H23N3O5S/c1-14-4-5-16(15(2)12-14)6-9-20(24)22-11-10-21-18-8-7-17(29(3,27)28)13-19(18)23(25)26/h4-9,12-13,21H,10-11H2,1-3H3,(H,22,24)/b9-6+. The Morgan fingerprint density at radius 3 is 2.48 bits per heavy atom. The van der Waals surface area contributed by atoms with Crippen LogP contribution in [0.5, 0.6) is 0 Å². The number of hydrogen-bond acceptors (Lipinski definition) is 6. The van der Waals surface area contributed by atoms with Crippen LogP contribution in [0.4, 0.5) is 11.4 Å². The Kier molecular flexibility index (Phi) is 7.11. The van der Waals surface area contributed by atoms with Gasteiger partial charge >= 0.3 is 0 Å². The Hall–Kier alpha value is -3.20. The molecule has 0 spiro atoms. The number of amides is 1. The maximum atomic E-state index is 11.9. The number of anilines is 1. The molecule has 0 unspecified atom stereocenters. The Labute approximate surface area is 169 Å². The van der Waals surface area contributed by atoms with E-state index in [1.807, 2.05) is 32.0 Å². The average molecular weight is 417 g/mol. The summed E-state index contributed by atoms with van der Waals surface area (Å²) in [6.07, 6.45) is 4.15. The molecular weight excluding hydrogens is 394 g/mol. The molecule has 0 aromatic heterocycles. The number of nitro benzene ring substituents is 1.